The number of aromatic nitrogens is 4. The van der Waals surface area contributed by atoms with E-state index in [0.29, 0.717) is 23.4 Å². The normalized spacial score (nSPS) is 16.5. The van der Waals surface area contributed by atoms with Gasteiger partial charge in [0.2, 0.25) is 5.95 Å². The van der Waals surface area contributed by atoms with Gasteiger partial charge in [-0.1, -0.05) is 13.8 Å². The molecule has 146 valence electrons. The Labute approximate surface area is 163 Å². The summed E-state index contributed by atoms with van der Waals surface area (Å²) < 4.78 is 13.7. The first kappa shape index (κ1) is 18.5. The lowest BCUT2D eigenvalue weighted by Crippen LogP contribution is -2.25. The molecule has 0 radical (unpaired) electrons. The van der Waals surface area contributed by atoms with Crippen molar-refractivity contribution in [2.45, 2.75) is 46.2 Å². The van der Waals surface area contributed by atoms with Crippen molar-refractivity contribution in [3.05, 3.63) is 30.2 Å². The van der Waals surface area contributed by atoms with Gasteiger partial charge in [-0.15, -0.1) is 0 Å². The van der Waals surface area contributed by atoms with Crippen molar-refractivity contribution < 1.29 is 4.39 Å². The number of fused-ring (bicyclic) bond motifs is 2. The molecule has 7 heteroatoms. The lowest BCUT2D eigenvalue weighted by Gasteiger charge is -2.16. The van der Waals surface area contributed by atoms with Crippen molar-refractivity contribution in [2.24, 2.45) is 10.9 Å². The van der Waals surface area contributed by atoms with Gasteiger partial charge in [-0.05, 0) is 32.8 Å². The van der Waals surface area contributed by atoms with E-state index >= 15 is 0 Å². The summed E-state index contributed by atoms with van der Waals surface area (Å²) in [5.74, 6) is 1.98. The minimum absolute atomic E-state index is 0.150. The number of aromatic amines is 1. The molecular formula is C21H25FN6. The molecule has 3 aromatic rings. The zero-order valence-electron chi connectivity index (χ0n) is 16.8. The summed E-state index contributed by atoms with van der Waals surface area (Å²) >= 11 is 0. The number of alkyl halides is 1. The molecule has 0 fully saturated rings. The number of hydrogen-bond donors (Lipinski definition) is 2. The van der Waals surface area contributed by atoms with Crippen LogP contribution in [0.5, 0.6) is 0 Å². The Morgan fingerprint density at radius 1 is 1.25 bits per heavy atom. The van der Waals surface area contributed by atoms with Gasteiger partial charge >= 0.3 is 0 Å². The summed E-state index contributed by atoms with van der Waals surface area (Å²) in [6.45, 7) is 9.66. The Morgan fingerprint density at radius 3 is 2.75 bits per heavy atom. The van der Waals surface area contributed by atoms with Crippen molar-refractivity contribution in [1.82, 2.24) is 19.9 Å². The lowest BCUT2D eigenvalue weighted by atomic mass is 9.86. The van der Waals surface area contributed by atoms with Crippen molar-refractivity contribution >= 4 is 28.5 Å². The van der Waals surface area contributed by atoms with Gasteiger partial charge in [0.25, 0.3) is 0 Å². The molecule has 3 aromatic heterocycles. The third-order valence-corrected chi connectivity index (χ3v) is 5.04. The highest BCUT2D eigenvalue weighted by Gasteiger charge is 2.28. The summed E-state index contributed by atoms with van der Waals surface area (Å²) in [7, 11) is 0. The molecule has 0 aromatic carbocycles. The van der Waals surface area contributed by atoms with Crippen LogP contribution in [0, 0.1) is 5.92 Å². The monoisotopic (exact) mass is 380 g/mol. The largest absolute Gasteiger partial charge is 0.351 e. The predicted molar refractivity (Wildman–Crippen MR) is 111 cm³/mol. The molecule has 1 atom stereocenters. The summed E-state index contributed by atoms with van der Waals surface area (Å²) in [5.41, 5.74) is 3.66. The molecule has 0 saturated carbocycles. The van der Waals surface area contributed by atoms with Gasteiger partial charge in [0, 0.05) is 52.3 Å². The van der Waals surface area contributed by atoms with Crippen LogP contribution in [0.3, 0.4) is 0 Å². The number of H-pyrrole nitrogens is 1. The van der Waals surface area contributed by atoms with Crippen LogP contribution in [0.2, 0.25) is 0 Å². The highest BCUT2D eigenvalue weighted by molar-refractivity contribution is 5.98. The minimum atomic E-state index is -1.33. The van der Waals surface area contributed by atoms with Crippen molar-refractivity contribution in [2.75, 3.05) is 11.9 Å². The molecule has 0 spiro atoms. The molecular weight excluding hydrogens is 355 g/mol. The van der Waals surface area contributed by atoms with E-state index in [2.05, 4.69) is 57.1 Å². The summed E-state index contributed by atoms with van der Waals surface area (Å²) in [6, 6.07) is 2.17. The van der Waals surface area contributed by atoms with Gasteiger partial charge in [0.1, 0.15) is 11.3 Å². The van der Waals surface area contributed by atoms with Crippen LogP contribution >= 0.6 is 0 Å². The van der Waals surface area contributed by atoms with Crippen LogP contribution in [0.4, 0.5) is 16.2 Å². The number of rotatable bonds is 5. The highest BCUT2D eigenvalue weighted by Crippen LogP contribution is 2.40. The van der Waals surface area contributed by atoms with Gasteiger partial charge in [-0.2, -0.15) is 4.98 Å². The van der Waals surface area contributed by atoms with Gasteiger partial charge in [-0.3, -0.25) is 0 Å². The van der Waals surface area contributed by atoms with Crippen LogP contribution in [-0.4, -0.2) is 37.9 Å². The first-order valence-electron chi connectivity index (χ1n) is 9.55. The average molecular weight is 380 g/mol. The van der Waals surface area contributed by atoms with Crippen molar-refractivity contribution in [3.63, 3.8) is 0 Å². The summed E-state index contributed by atoms with van der Waals surface area (Å²) in [5, 5.41) is 3.84. The van der Waals surface area contributed by atoms with Gasteiger partial charge in [-0.25, -0.2) is 19.4 Å². The van der Waals surface area contributed by atoms with E-state index in [-0.39, 0.29) is 6.54 Å². The third-order valence-electron chi connectivity index (χ3n) is 5.04. The molecule has 0 bridgehead atoms. The second-order valence-electron chi connectivity index (χ2n) is 8.34. The molecule has 4 heterocycles. The lowest BCUT2D eigenvalue weighted by molar-refractivity contribution is 0.234. The van der Waals surface area contributed by atoms with E-state index in [9.17, 15) is 4.39 Å². The fourth-order valence-corrected chi connectivity index (χ4v) is 3.77. The van der Waals surface area contributed by atoms with Gasteiger partial charge in [0.15, 0.2) is 5.82 Å². The fourth-order valence-electron chi connectivity index (χ4n) is 3.77. The first-order valence-corrected chi connectivity index (χ1v) is 9.55. The van der Waals surface area contributed by atoms with Crippen LogP contribution in [0.1, 0.15) is 46.1 Å². The predicted octanol–water partition coefficient (Wildman–Crippen LogP) is 5.03. The number of anilines is 1. The van der Waals surface area contributed by atoms with E-state index in [1.165, 1.54) is 19.4 Å². The second-order valence-corrected chi connectivity index (χ2v) is 8.34. The highest BCUT2D eigenvalue weighted by atomic mass is 19.1. The van der Waals surface area contributed by atoms with Crippen molar-refractivity contribution in [3.8, 4) is 11.1 Å². The SMILES string of the molecule is CC1=Nc2ncc(-c3c[nH]c4nc(NCC(C)(C)F)ncc34)cc2C1C(C)C. The quantitative estimate of drug-likeness (QED) is 0.651. The molecule has 1 aliphatic heterocycles. The van der Waals surface area contributed by atoms with E-state index in [0.717, 1.165) is 28.0 Å². The molecule has 0 saturated heterocycles. The Hall–Kier alpha value is -2.83. The maximum Gasteiger partial charge on any atom is 0.224 e. The topological polar surface area (TPSA) is 78.8 Å². The van der Waals surface area contributed by atoms with E-state index in [1.54, 1.807) is 6.20 Å². The first-order chi connectivity index (χ1) is 13.2. The zero-order valence-corrected chi connectivity index (χ0v) is 16.8. The standard InChI is InChI=1S/C21H25FN6/c1-11(2)17-12(3)27-18-14(17)6-13(7-23-18)15-8-24-19-16(15)9-25-20(28-19)26-10-21(4,5)22/h6-9,11,17H,10H2,1-5H3,(H2,24,25,26,28). The number of pyridine rings is 1. The maximum atomic E-state index is 13.7. The average Bonchev–Trinajstić information content (AvgIpc) is 3.18. The number of aliphatic imine (C=N–C) groups is 1. The van der Waals surface area contributed by atoms with Crippen LogP contribution in [-0.2, 0) is 0 Å². The Kier molecular flexibility index (Phi) is 4.40. The Bertz CT molecular complexity index is 1060. The smallest absolute Gasteiger partial charge is 0.224 e. The maximum absolute atomic E-state index is 13.7. The van der Waals surface area contributed by atoms with E-state index < -0.39 is 5.67 Å². The number of nitrogens with one attached hydrogen (secondary N) is 2. The van der Waals surface area contributed by atoms with Crippen LogP contribution < -0.4 is 5.32 Å². The molecule has 1 aliphatic rings. The van der Waals surface area contributed by atoms with Crippen LogP contribution in [0.25, 0.3) is 22.2 Å². The molecule has 2 N–H and O–H groups in total. The Balaban J connectivity index is 1.68. The number of hydrogen-bond acceptors (Lipinski definition) is 5. The van der Waals surface area contributed by atoms with E-state index in [1.807, 2.05) is 12.4 Å². The molecule has 0 aliphatic carbocycles. The van der Waals surface area contributed by atoms with Crippen LogP contribution in [0.15, 0.2) is 29.6 Å². The van der Waals surface area contributed by atoms with Gasteiger partial charge in [0.05, 0.1) is 6.54 Å². The van der Waals surface area contributed by atoms with Gasteiger partial charge < -0.3 is 10.3 Å². The summed E-state index contributed by atoms with van der Waals surface area (Å²) in [6.07, 6.45) is 5.52. The number of halogens is 1. The Morgan fingerprint density at radius 2 is 2.04 bits per heavy atom. The molecule has 4 rings (SSSR count). The zero-order chi connectivity index (χ0) is 20.1. The minimum Gasteiger partial charge on any atom is -0.351 e. The molecule has 1 unspecified atom stereocenters. The molecule has 6 nitrogen and oxygen atoms in total. The van der Waals surface area contributed by atoms with E-state index in [4.69, 9.17) is 0 Å². The fraction of sp³-hybridized carbons (Fsp3) is 0.429. The second kappa shape index (κ2) is 6.65. The molecule has 0 amide bonds. The molecule has 28 heavy (non-hydrogen) atoms. The number of nitrogens with zero attached hydrogens (tertiary/aromatic N) is 4. The summed E-state index contributed by atoms with van der Waals surface area (Å²) in [4.78, 5) is 21.2. The van der Waals surface area contributed by atoms with Crippen molar-refractivity contribution in [1.29, 1.82) is 0 Å². The third kappa shape index (κ3) is 3.37.